The van der Waals surface area contributed by atoms with Gasteiger partial charge in [0.15, 0.2) is 0 Å². The zero-order valence-corrected chi connectivity index (χ0v) is 16.9. The highest BCUT2D eigenvalue weighted by atomic mass is 19.4. The first-order chi connectivity index (χ1) is 13.8. The topological polar surface area (TPSA) is 23.6 Å². The standard InChI is InChI=1S/C23H27F3N2O/c1-3-22(29)28(20-9-6-7-17(2)15-20)19-11-13-27(14-12-19)16-18-8-4-5-10-21(18)23(24,25)26/h4-10,15,19H,3,11-14,16H2,1-2H3. The van der Waals surface area contributed by atoms with Gasteiger partial charge in [0.05, 0.1) is 5.56 Å². The number of piperidine rings is 1. The number of carbonyl (C=O) groups excluding carboxylic acids is 1. The van der Waals surface area contributed by atoms with E-state index < -0.39 is 11.7 Å². The van der Waals surface area contributed by atoms with E-state index in [1.54, 1.807) is 12.1 Å². The summed E-state index contributed by atoms with van der Waals surface area (Å²) in [7, 11) is 0. The normalized spacial score (nSPS) is 16.0. The molecule has 0 unspecified atom stereocenters. The number of nitrogens with zero attached hydrogens (tertiary/aromatic N) is 2. The van der Waals surface area contributed by atoms with Crippen LogP contribution in [0.4, 0.5) is 18.9 Å². The van der Waals surface area contributed by atoms with Crippen molar-refractivity contribution in [1.82, 2.24) is 4.90 Å². The molecule has 3 nitrogen and oxygen atoms in total. The summed E-state index contributed by atoms with van der Waals surface area (Å²) in [6.07, 6.45) is -2.43. The third-order valence-corrected chi connectivity index (χ3v) is 5.49. The van der Waals surface area contributed by atoms with Crippen LogP contribution >= 0.6 is 0 Å². The monoisotopic (exact) mass is 404 g/mol. The van der Waals surface area contributed by atoms with Crippen LogP contribution in [-0.2, 0) is 17.5 Å². The maximum absolute atomic E-state index is 13.3. The van der Waals surface area contributed by atoms with Gasteiger partial charge in [-0.2, -0.15) is 13.2 Å². The first-order valence-corrected chi connectivity index (χ1v) is 10.1. The maximum Gasteiger partial charge on any atom is 0.416 e. The number of carbonyl (C=O) groups is 1. The molecule has 1 aliphatic heterocycles. The van der Waals surface area contributed by atoms with Gasteiger partial charge in [0, 0.05) is 37.8 Å². The molecule has 6 heteroatoms. The van der Waals surface area contributed by atoms with Gasteiger partial charge in [0.2, 0.25) is 5.91 Å². The molecule has 2 aromatic carbocycles. The molecule has 0 radical (unpaired) electrons. The molecule has 0 aliphatic carbocycles. The largest absolute Gasteiger partial charge is 0.416 e. The molecule has 0 saturated carbocycles. The summed E-state index contributed by atoms with van der Waals surface area (Å²) in [6, 6.07) is 13.7. The van der Waals surface area contributed by atoms with Crippen molar-refractivity contribution in [3.05, 3.63) is 65.2 Å². The van der Waals surface area contributed by atoms with Crippen molar-refractivity contribution in [3.63, 3.8) is 0 Å². The Balaban J connectivity index is 1.70. The van der Waals surface area contributed by atoms with Crippen LogP contribution < -0.4 is 4.90 Å². The van der Waals surface area contributed by atoms with Gasteiger partial charge in [-0.15, -0.1) is 0 Å². The highest BCUT2D eigenvalue weighted by Crippen LogP contribution is 2.33. The number of likely N-dealkylation sites (tertiary alicyclic amines) is 1. The average Bonchev–Trinajstić information content (AvgIpc) is 2.69. The number of rotatable bonds is 5. The number of benzene rings is 2. The van der Waals surface area contributed by atoms with E-state index in [0.29, 0.717) is 25.1 Å². The molecule has 0 spiro atoms. The Labute approximate surface area is 170 Å². The predicted molar refractivity (Wildman–Crippen MR) is 109 cm³/mol. The number of alkyl halides is 3. The Kier molecular flexibility index (Phi) is 6.63. The Hall–Kier alpha value is -2.34. The van der Waals surface area contributed by atoms with Crippen LogP contribution in [0.1, 0.15) is 42.9 Å². The summed E-state index contributed by atoms with van der Waals surface area (Å²) in [5, 5.41) is 0. The van der Waals surface area contributed by atoms with Crippen LogP contribution in [0, 0.1) is 6.92 Å². The summed E-state index contributed by atoms with van der Waals surface area (Å²) >= 11 is 0. The van der Waals surface area contributed by atoms with E-state index in [2.05, 4.69) is 0 Å². The van der Waals surface area contributed by atoms with Crippen molar-refractivity contribution >= 4 is 11.6 Å². The fourth-order valence-electron chi connectivity index (χ4n) is 4.02. The molecular formula is C23H27F3N2O. The van der Waals surface area contributed by atoms with E-state index >= 15 is 0 Å². The molecule has 1 fully saturated rings. The Bertz CT molecular complexity index is 842. The molecule has 1 heterocycles. The van der Waals surface area contributed by atoms with Crippen LogP contribution in [0.3, 0.4) is 0 Å². The average molecular weight is 404 g/mol. The van der Waals surface area contributed by atoms with Crippen molar-refractivity contribution in [2.75, 3.05) is 18.0 Å². The summed E-state index contributed by atoms with van der Waals surface area (Å²) in [4.78, 5) is 16.6. The lowest BCUT2D eigenvalue weighted by Gasteiger charge is -2.39. The summed E-state index contributed by atoms with van der Waals surface area (Å²) < 4.78 is 39.8. The van der Waals surface area contributed by atoms with Crippen molar-refractivity contribution in [2.45, 2.75) is 51.9 Å². The molecule has 29 heavy (non-hydrogen) atoms. The number of halogens is 3. The van der Waals surface area contributed by atoms with Crippen molar-refractivity contribution < 1.29 is 18.0 Å². The van der Waals surface area contributed by atoms with Gasteiger partial charge in [-0.05, 0) is 49.1 Å². The Morgan fingerprint density at radius 1 is 1.10 bits per heavy atom. The second-order valence-corrected chi connectivity index (χ2v) is 7.62. The fourth-order valence-corrected chi connectivity index (χ4v) is 4.02. The molecule has 0 aromatic heterocycles. The van der Waals surface area contributed by atoms with E-state index in [1.165, 1.54) is 6.07 Å². The Morgan fingerprint density at radius 3 is 2.41 bits per heavy atom. The minimum absolute atomic E-state index is 0.0679. The van der Waals surface area contributed by atoms with Gasteiger partial charge >= 0.3 is 6.18 Å². The van der Waals surface area contributed by atoms with E-state index in [9.17, 15) is 18.0 Å². The highest BCUT2D eigenvalue weighted by Gasteiger charge is 2.34. The van der Waals surface area contributed by atoms with Gasteiger partial charge < -0.3 is 4.90 Å². The maximum atomic E-state index is 13.3. The van der Waals surface area contributed by atoms with Crippen molar-refractivity contribution in [2.24, 2.45) is 0 Å². The van der Waals surface area contributed by atoms with Crippen LogP contribution in [0.25, 0.3) is 0 Å². The zero-order valence-electron chi connectivity index (χ0n) is 16.9. The van der Waals surface area contributed by atoms with Gasteiger partial charge in [0.25, 0.3) is 0 Å². The number of hydrogen-bond acceptors (Lipinski definition) is 2. The smallest absolute Gasteiger partial charge is 0.309 e. The molecule has 2 aromatic rings. The second kappa shape index (κ2) is 8.99. The molecule has 156 valence electrons. The SMILES string of the molecule is CCC(=O)N(c1cccc(C)c1)C1CCN(Cc2ccccc2C(F)(F)F)CC1. The molecule has 0 N–H and O–H groups in total. The number of hydrogen-bond donors (Lipinski definition) is 0. The fraction of sp³-hybridized carbons (Fsp3) is 0.435. The lowest BCUT2D eigenvalue weighted by molar-refractivity contribution is -0.138. The summed E-state index contributed by atoms with van der Waals surface area (Å²) in [6.45, 7) is 5.45. The summed E-state index contributed by atoms with van der Waals surface area (Å²) in [5.74, 6) is 0.0801. The minimum Gasteiger partial charge on any atom is -0.309 e. The van der Waals surface area contributed by atoms with E-state index in [-0.39, 0.29) is 18.5 Å². The summed E-state index contributed by atoms with van der Waals surface area (Å²) in [5.41, 5.74) is 1.73. The molecule has 1 amide bonds. The number of amides is 1. The number of anilines is 1. The van der Waals surface area contributed by atoms with Crippen LogP contribution in [-0.4, -0.2) is 29.9 Å². The minimum atomic E-state index is -4.34. The van der Waals surface area contributed by atoms with Gasteiger partial charge in [-0.25, -0.2) is 0 Å². The first-order valence-electron chi connectivity index (χ1n) is 10.1. The van der Waals surface area contributed by atoms with Gasteiger partial charge in [-0.1, -0.05) is 37.3 Å². The molecule has 1 aliphatic rings. The molecular weight excluding hydrogens is 377 g/mol. The van der Waals surface area contributed by atoms with Crippen molar-refractivity contribution in [3.8, 4) is 0 Å². The van der Waals surface area contributed by atoms with Gasteiger partial charge in [-0.3, -0.25) is 9.69 Å². The lowest BCUT2D eigenvalue weighted by atomic mass is 9.99. The van der Waals surface area contributed by atoms with Gasteiger partial charge in [0.1, 0.15) is 0 Å². The molecule has 0 bridgehead atoms. The van der Waals surface area contributed by atoms with Crippen LogP contribution in [0.15, 0.2) is 48.5 Å². The Morgan fingerprint density at radius 2 is 1.79 bits per heavy atom. The van der Waals surface area contributed by atoms with E-state index in [0.717, 1.165) is 30.2 Å². The zero-order chi connectivity index (χ0) is 21.0. The van der Waals surface area contributed by atoms with E-state index in [4.69, 9.17) is 0 Å². The molecule has 0 atom stereocenters. The molecule has 1 saturated heterocycles. The first kappa shape index (κ1) is 21.4. The number of aryl methyl sites for hydroxylation is 1. The van der Waals surface area contributed by atoms with Crippen molar-refractivity contribution in [1.29, 1.82) is 0 Å². The third-order valence-electron chi connectivity index (χ3n) is 5.49. The lowest BCUT2D eigenvalue weighted by Crippen LogP contribution is -2.47. The quantitative estimate of drug-likeness (QED) is 0.664. The molecule has 3 rings (SSSR count). The third kappa shape index (κ3) is 5.18. The second-order valence-electron chi connectivity index (χ2n) is 7.62. The highest BCUT2D eigenvalue weighted by molar-refractivity contribution is 5.93. The predicted octanol–water partition coefficient (Wildman–Crippen LogP) is 5.42. The van der Waals surface area contributed by atoms with Crippen LogP contribution in [0.2, 0.25) is 0 Å². The van der Waals surface area contributed by atoms with E-state index in [1.807, 2.05) is 47.9 Å². The van der Waals surface area contributed by atoms with Crippen LogP contribution in [0.5, 0.6) is 0 Å².